The molecule has 0 unspecified atom stereocenters. The molecule has 0 aliphatic heterocycles. The Morgan fingerprint density at radius 2 is 2.17 bits per heavy atom. The van der Waals surface area contributed by atoms with Gasteiger partial charge < -0.3 is 5.32 Å². The van der Waals surface area contributed by atoms with Crippen LogP contribution in [0.5, 0.6) is 0 Å². The van der Waals surface area contributed by atoms with Gasteiger partial charge in [0.1, 0.15) is 11.6 Å². The number of nitrogens with zero attached hydrogens (tertiary/aromatic N) is 5. The van der Waals surface area contributed by atoms with E-state index < -0.39 is 5.56 Å². The van der Waals surface area contributed by atoms with Crippen LogP contribution >= 0.6 is 12.2 Å². The third-order valence-corrected chi connectivity index (χ3v) is 3.17. The summed E-state index contributed by atoms with van der Waals surface area (Å²) in [6, 6.07) is 8.95. The SMILES string of the molecule is N#CC(=CNc1ccccc1-c1n[nH]c(=S)[nH]c1=O)c1nn[nH]n1. The highest BCUT2D eigenvalue weighted by Gasteiger charge is 2.11. The van der Waals surface area contributed by atoms with Crippen LogP contribution in [0, 0.1) is 16.1 Å². The first-order valence-electron chi connectivity index (χ1n) is 6.58. The van der Waals surface area contributed by atoms with Gasteiger partial charge in [0.15, 0.2) is 10.5 Å². The summed E-state index contributed by atoms with van der Waals surface area (Å²) >= 11 is 4.83. The van der Waals surface area contributed by atoms with Gasteiger partial charge in [-0.2, -0.15) is 15.6 Å². The zero-order valence-electron chi connectivity index (χ0n) is 11.9. The van der Waals surface area contributed by atoms with Crippen LogP contribution in [0.2, 0.25) is 0 Å². The quantitative estimate of drug-likeness (QED) is 0.405. The van der Waals surface area contributed by atoms with E-state index in [1.807, 2.05) is 6.07 Å². The van der Waals surface area contributed by atoms with Crippen molar-refractivity contribution in [3.8, 4) is 17.3 Å². The Labute approximate surface area is 139 Å². The molecule has 2 aromatic heterocycles. The van der Waals surface area contributed by atoms with Crippen molar-refractivity contribution >= 4 is 23.5 Å². The number of H-pyrrole nitrogens is 3. The molecule has 0 saturated heterocycles. The maximum atomic E-state index is 12.0. The lowest BCUT2D eigenvalue weighted by molar-refractivity contribution is 0.881. The molecule has 0 aliphatic rings. The predicted octanol–water partition coefficient (Wildman–Crippen LogP) is 0.984. The predicted molar refractivity (Wildman–Crippen MR) is 86.9 cm³/mol. The minimum Gasteiger partial charge on any atom is -0.360 e. The van der Waals surface area contributed by atoms with E-state index >= 15 is 0 Å². The number of rotatable bonds is 4. The third-order valence-electron chi connectivity index (χ3n) is 2.97. The fourth-order valence-corrected chi connectivity index (χ4v) is 2.06. The summed E-state index contributed by atoms with van der Waals surface area (Å²) in [5.74, 6) is 0.155. The molecule has 0 bridgehead atoms. The van der Waals surface area contributed by atoms with Gasteiger partial charge >= 0.3 is 0 Å². The summed E-state index contributed by atoms with van der Waals surface area (Å²) in [6.45, 7) is 0. The lowest BCUT2D eigenvalue weighted by Crippen LogP contribution is -2.13. The second kappa shape index (κ2) is 6.63. The first kappa shape index (κ1) is 15.3. The number of nitriles is 1. The smallest absolute Gasteiger partial charge is 0.278 e. The zero-order chi connectivity index (χ0) is 16.9. The molecule has 118 valence electrons. The minimum absolute atomic E-state index is 0.137. The van der Waals surface area contributed by atoms with Crippen LogP contribution in [0.3, 0.4) is 0 Å². The Balaban J connectivity index is 2.00. The Morgan fingerprint density at radius 3 is 2.88 bits per heavy atom. The molecule has 3 rings (SSSR count). The van der Waals surface area contributed by atoms with Gasteiger partial charge in [0.2, 0.25) is 5.82 Å². The lowest BCUT2D eigenvalue weighted by atomic mass is 10.1. The summed E-state index contributed by atoms with van der Waals surface area (Å²) in [5.41, 5.74) is 1.02. The molecule has 0 aliphatic carbocycles. The number of tetrazole rings is 1. The summed E-state index contributed by atoms with van der Waals surface area (Å²) in [4.78, 5) is 14.5. The molecule has 1 aromatic carbocycles. The number of nitrogens with one attached hydrogen (secondary N) is 4. The van der Waals surface area contributed by atoms with E-state index in [9.17, 15) is 10.1 Å². The van der Waals surface area contributed by atoms with E-state index in [0.29, 0.717) is 11.3 Å². The highest BCUT2D eigenvalue weighted by Crippen LogP contribution is 2.24. The van der Waals surface area contributed by atoms with E-state index in [1.54, 1.807) is 24.3 Å². The topological polar surface area (TPSA) is 152 Å². The molecule has 2 heterocycles. The highest BCUT2D eigenvalue weighted by molar-refractivity contribution is 7.71. The van der Waals surface area contributed by atoms with Gasteiger partial charge in [0, 0.05) is 17.5 Å². The van der Waals surface area contributed by atoms with Crippen LogP contribution in [0.1, 0.15) is 5.82 Å². The molecular weight excluding hydrogens is 330 g/mol. The molecule has 24 heavy (non-hydrogen) atoms. The number of hydrogen-bond donors (Lipinski definition) is 4. The second-order valence-electron chi connectivity index (χ2n) is 4.45. The van der Waals surface area contributed by atoms with E-state index in [0.717, 1.165) is 0 Å². The van der Waals surface area contributed by atoms with Crippen molar-refractivity contribution in [2.45, 2.75) is 0 Å². The van der Waals surface area contributed by atoms with Gasteiger partial charge in [0.05, 0.1) is 0 Å². The maximum absolute atomic E-state index is 12.0. The lowest BCUT2D eigenvalue weighted by Gasteiger charge is -2.07. The Bertz CT molecular complexity index is 1040. The number of allylic oxidation sites excluding steroid dienone is 1. The number of para-hydroxylation sites is 1. The second-order valence-corrected chi connectivity index (χ2v) is 4.86. The number of benzene rings is 1. The molecule has 0 fully saturated rings. The summed E-state index contributed by atoms with van der Waals surface area (Å²) in [5, 5.41) is 31.8. The third kappa shape index (κ3) is 3.08. The molecule has 10 nitrogen and oxygen atoms in total. The number of aromatic nitrogens is 7. The number of anilines is 1. The van der Waals surface area contributed by atoms with Crippen molar-refractivity contribution in [3.05, 3.63) is 51.4 Å². The van der Waals surface area contributed by atoms with Crippen molar-refractivity contribution in [3.63, 3.8) is 0 Å². The first-order chi connectivity index (χ1) is 11.7. The zero-order valence-corrected chi connectivity index (χ0v) is 12.8. The van der Waals surface area contributed by atoms with Crippen LogP contribution in [0.4, 0.5) is 5.69 Å². The van der Waals surface area contributed by atoms with E-state index in [1.165, 1.54) is 6.20 Å². The molecule has 0 saturated carbocycles. The molecule has 3 aromatic rings. The molecule has 0 radical (unpaired) electrons. The average Bonchev–Trinajstić information content (AvgIpc) is 3.11. The molecule has 0 amide bonds. The van der Waals surface area contributed by atoms with Crippen LogP contribution in [-0.2, 0) is 0 Å². The standard InChI is InChI=1S/C13H9N9OS/c14-5-7(11-18-21-22-19-11)6-15-9-4-2-1-3-8(9)10-12(23)16-13(24)20-17-10/h1-4,6,15H,(H2,16,20,23,24)(H,18,19,21,22). The van der Waals surface area contributed by atoms with Gasteiger partial charge in [-0.25, -0.2) is 0 Å². The maximum Gasteiger partial charge on any atom is 0.278 e. The molecular formula is C13H9N9OS. The van der Waals surface area contributed by atoms with Crippen molar-refractivity contribution in [2.24, 2.45) is 0 Å². The van der Waals surface area contributed by atoms with Gasteiger partial charge in [-0.15, -0.1) is 10.2 Å². The van der Waals surface area contributed by atoms with Crippen LogP contribution < -0.4 is 10.9 Å². The highest BCUT2D eigenvalue weighted by atomic mass is 32.1. The molecule has 0 spiro atoms. The normalized spacial score (nSPS) is 11.0. The minimum atomic E-state index is -0.421. The van der Waals surface area contributed by atoms with Crippen LogP contribution in [-0.4, -0.2) is 35.8 Å². The van der Waals surface area contributed by atoms with Crippen molar-refractivity contribution in [1.82, 2.24) is 35.8 Å². The fourth-order valence-electron chi connectivity index (χ4n) is 1.92. The van der Waals surface area contributed by atoms with Gasteiger partial charge in [-0.05, 0) is 23.5 Å². The monoisotopic (exact) mass is 339 g/mol. The molecule has 11 heteroatoms. The molecule has 4 N–H and O–H groups in total. The first-order valence-corrected chi connectivity index (χ1v) is 6.99. The number of hydrogen-bond acceptors (Lipinski definition) is 8. The fraction of sp³-hybridized carbons (Fsp3) is 0. The van der Waals surface area contributed by atoms with Gasteiger partial charge in [-0.1, -0.05) is 18.2 Å². The largest absolute Gasteiger partial charge is 0.360 e. The van der Waals surface area contributed by atoms with Crippen LogP contribution in [0.15, 0.2) is 35.3 Å². The van der Waals surface area contributed by atoms with Crippen molar-refractivity contribution in [1.29, 1.82) is 5.26 Å². The van der Waals surface area contributed by atoms with E-state index in [4.69, 9.17) is 12.2 Å². The Hall–Kier alpha value is -3.65. The Morgan fingerprint density at radius 1 is 1.33 bits per heavy atom. The summed E-state index contributed by atoms with van der Waals surface area (Å²) in [6.07, 6.45) is 1.42. The summed E-state index contributed by atoms with van der Waals surface area (Å²) in [7, 11) is 0. The van der Waals surface area contributed by atoms with E-state index in [2.05, 4.69) is 41.1 Å². The van der Waals surface area contributed by atoms with Crippen LogP contribution in [0.25, 0.3) is 16.8 Å². The number of aromatic amines is 3. The van der Waals surface area contributed by atoms with E-state index in [-0.39, 0.29) is 21.9 Å². The average molecular weight is 339 g/mol. The van der Waals surface area contributed by atoms with Gasteiger partial charge in [-0.3, -0.25) is 14.9 Å². The van der Waals surface area contributed by atoms with Gasteiger partial charge in [0.25, 0.3) is 5.56 Å². The molecule has 0 atom stereocenters. The van der Waals surface area contributed by atoms with Crippen molar-refractivity contribution < 1.29 is 0 Å². The van der Waals surface area contributed by atoms with Crippen molar-refractivity contribution in [2.75, 3.05) is 5.32 Å². The summed E-state index contributed by atoms with van der Waals surface area (Å²) < 4.78 is 0.137. The Kier molecular flexibility index (Phi) is 4.21.